The molecule has 2 aromatic heterocycles. The smallest absolute Gasteiger partial charge is 0.247 e. The lowest BCUT2D eigenvalue weighted by molar-refractivity contribution is -0.111. The molecule has 1 amide bonds. The second-order valence-electron chi connectivity index (χ2n) is 10.7. The molecule has 3 N–H and O–H groups in total. The molecule has 2 aliphatic rings. The van der Waals surface area contributed by atoms with Crippen LogP contribution in [0, 0.1) is 11.6 Å². The number of halogens is 2. The zero-order valence-corrected chi connectivity index (χ0v) is 25.2. The second-order valence-corrected chi connectivity index (χ2v) is 10.7. The van der Waals surface area contributed by atoms with Crippen LogP contribution in [-0.4, -0.2) is 73.2 Å². The number of ether oxygens (including phenoxy) is 3. The average molecular weight is 632 g/mol. The summed E-state index contributed by atoms with van der Waals surface area (Å²) in [7, 11) is 2.42. The van der Waals surface area contributed by atoms with Crippen molar-refractivity contribution in [2.24, 2.45) is 0 Å². The van der Waals surface area contributed by atoms with E-state index in [0.29, 0.717) is 43.1 Å². The van der Waals surface area contributed by atoms with Crippen molar-refractivity contribution in [3.63, 3.8) is 0 Å². The number of hydrogen-bond acceptors (Lipinski definition) is 11. The Labute approximate surface area is 262 Å². The Morgan fingerprint density at radius 3 is 2.39 bits per heavy atom. The number of carbonyl (C=O) groups is 2. The van der Waals surface area contributed by atoms with Gasteiger partial charge in [0.25, 0.3) is 0 Å². The number of carbonyl (C=O) groups excluding carboxylic acids is 2. The van der Waals surface area contributed by atoms with E-state index < -0.39 is 28.9 Å². The molecule has 0 spiro atoms. The number of nitrogens with zero attached hydrogens (tertiary/aromatic N) is 4. The number of fused-ring (bicyclic) bond motifs is 1. The van der Waals surface area contributed by atoms with Gasteiger partial charge in [0.2, 0.25) is 17.6 Å². The molecule has 2 aromatic carbocycles. The van der Waals surface area contributed by atoms with Gasteiger partial charge in [-0.1, -0.05) is 6.58 Å². The lowest BCUT2D eigenvalue weighted by Gasteiger charge is -2.29. The molecule has 0 bridgehead atoms. The van der Waals surface area contributed by atoms with Crippen LogP contribution in [0.3, 0.4) is 0 Å². The van der Waals surface area contributed by atoms with Gasteiger partial charge in [-0.25, -0.2) is 18.7 Å². The summed E-state index contributed by atoms with van der Waals surface area (Å²) in [5.74, 6) is -4.04. The monoisotopic (exact) mass is 631 g/mol. The number of anilines is 5. The number of amides is 1. The van der Waals surface area contributed by atoms with Gasteiger partial charge in [-0.05, 0) is 43.2 Å². The predicted molar refractivity (Wildman–Crippen MR) is 168 cm³/mol. The van der Waals surface area contributed by atoms with Crippen LogP contribution in [0.1, 0.15) is 28.8 Å². The van der Waals surface area contributed by atoms with Gasteiger partial charge in [0, 0.05) is 42.5 Å². The number of rotatable bonds is 11. The molecule has 1 aliphatic heterocycles. The minimum absolute atomic E-state index is 0.0477. The molecule has 46 heavy (non-hydrogen) atoms. The topological polar surface area (TPSA) is 140 Å². The molecule has 0 unspecified atom stereocenters. The summed E-state index contributed by atoms with van der Waals surface area (Å²) in [6.45, 7) is 6.18. The summed E-state index contributed by atoms with van der Waals surface area (Å²) < 4.78 is 46.0. The first-order chi connectivity index (χ1) is 22.3. The molecule has 3 heterocycles. The number of benzene rings is 2. The summed E-state index contributed by atoms with van der Waals surface area (Å²) in [5.41, 5.74) is 1.25. The summed E-state index contributed by atoms with van der Waals surface area (Å²) >= 11 is 0. The number of methoxy groups -OCH3 is 2. The van der Waals surface area contributed by atoms with Crippen LogP contribution in [0.4, 0.5) is 37.6 Å². The number of nitrogens with one attached hydrogen (secondary N) is 3. The Kier molecular flexibility index (Phi) is 8.61. The maximum absolute atomic E-state index is 15.3. The van der Waals surface area contributed by atoms with Gasteiger partial charge in [-0.15, -0.1) is 0 Å². The molecule has 4 aromatic rings. The summed E-state index contributed by atoms with van der Waals surface area (Å²) in [6.07, 6.45) is 4.31. The van der Waals surface area contributed by atoms with Gasteiger partial charge in [-0.2, -0.15) is 4.98 Å². The molecule has 0 radical (unpaired) electrons. The normalized spacial score (nSPS) is 14.5. The van der Waals surface area contributed by atoms with E-state index in [0.717, 1.165) is 24.6 Å². The zero-order chi connectivity index (χ0) is 32.4. The van der Waals surface area contributed by atoms with E-state index in [-0.39, 0.29) is 40.5 Å². The van der Waals surface area contributed by atoms with Crippen LogP contribution in [-0.2, 0) is 9.53 Å². The van der Waals surface area contributed by atoms with Crippen molar-refractivity contribution in [3.8, 4) is 11.5 Å². The highest BCUT2D eigenvalue weighted by Gasteiger charge is 2.31. The Hall–Kier alpha value is -5.37. The number of hydrogen-bond donors (Lipinski definition) is 3. The molecule has 1 saturated heterocycles. The van der Waals surface area contributed by atoms with Gasteiger partial charge < -0.3 is 35.1 Å². The fourth-order valence-corrected chi connectivity index (χ4v) is 5.01. The van der Waals surface area contributed by atoms with Crippen molar-refractivity contribution in [1.29, 1.82) is 0 Å². The molecule has 1 aliphatic carbocycles. The Morgan fingerprint density at radius 2 is 1.74 bits per heavy atom. The molecule has 238 valence electrons. The number of aromatic nitrogens is 3. The zero-order valence-electron chi connectivity index (χ0n) is 25.2. The van der Waals surface area contributed by atoms with Crippen LogP contribution in [0.2, 0.25) is 0 Å². The highest BCUT2D eigenvalue weighted by atomic mass is 19.1. The van der Waals surface area contributed by atoms with Crippen molar-refractivity contribution in [2.45, 2.75) is 18.9 Å². The quantitative estimate of drug-likeness (QED) is 0.155. The maximum Gasteiger partial charge on any atom is 0.247 e. The largest absolute Gasteiger partial charge is 0.494 e. The Bertz CT molecular complexity index is 1820. The van der Waals surface area contributed by atoms with Crippen molar-refractivity contribution in [2.75, 3.05) is 61.4 Å². The minimum Gasteiger partial charge on any atom is -0.494 e. The molecular weight excluding hydrogens is 600 g/mol. The standard InChI is InChI=1S/C32H31F2N7O5/c1-4-25(42)37-22-14-19(41-9-11-46-12-10-41)7-8-21(22)38-32-35-16-17-13-20(31(36-18-5-6-18)39-30(17)40-32)29(43)26-27(33)23(44-2)15-24(45-3)28(26)34/h4,7-8,13-16,18H,1,5-6,9-12H2,2-3H3,(H,37,42)(H2,35,36,38,39,40). The van der Waals surface area contributed by atoms with Crippen LogP contribution in [0.15, 0.2) is 49.2 Å². The highest BCUT2D eigenvalue weighted by molar-refractivity contribution is 6.14. The van der Waals surface area contributed by atoms with E-state index >= 15 is 8.78 Å². The summed E-state index contributed by atoms with van der Waals surface area (Å²) in [6, 6.07) is 8.09. The molecule has 2 fully saturated rings. The molecule has 14 heteroatoms. The van der Waals surface area contributed by atoms with Crippen molar-refractivity contribution in [1.82, 2.24) is 15.0 Å². The highest BCUT2D eigenvalue weighted by Crippen LogP contribution is 2.36. The van der Waals surface area contributed by atoms with Crippen molar-refractivity contribution < 1.29 is 32.6 Å². The molecule has 12 nitrogen and oxygen atoms in total. The second kappa shape index (κ2) is 12.9. The van der Waals surface area contributed by atoms with E-state index in [9.17, 15) is 9.59 Å². The van der Waals surface area contributed by atoms with Gasteiger partial charge in [0.15, 0.2) is 28.8 Å². The SMILES string of the molecule is C=CC(=O)Nc1cc(N2CCOCC2)ccc1Nc1ncc2cc(C(=O)c3c(F)c(OC)cc(OC)c3F)c(NC3CC3)nc2n1. The third-order valence-corrected chi connectivity index (χ3v) is 7.60. The van der Waals surface area contributed by atoms with Gasteiger partial charge in [-0.3, -0.25) is 9.59 Å². The van der Waals surface area contributed by atoms with Crippen molar-refractivity contribution >= 4 is 51.6 Å². The summed E-state index contributed by atoms with van der Waals surface area (Å²) in [5, 5.41) is 9.48. The third kappa shape index (κ3) is 6.24. The minimum atomic E-state index is -1.15. The van der Waals surface area contributed by atoms with Crippen molar-refractivity contribution in [3.05, 3.63) is 71.9 Å². The lowest BCUT2D eigenvalue weighted by Crippen LogP contribution is -2.36. The van der Waals surface area contributed by atoms with E-state index in [1.54, 1.807) is 6.07 Å². The number of pyridine rings is 1. The van der Waals surface area contributed by atoms with E-state index in [1.165, 1.54) is 32.6 Å². The van der Waals surface area contributed by atoms with Crippen LogP contribution < -0.4 is 30.3 Å². The molecule has 6 rings (SSSR count). The van der Waals surface area contributed by atoms with Crippen LogP contribution in [0.25, 0.3) is 11.0 Å². The third-order valence-electron chi connectivity index (χ3n) is 7.60. The molecule has 1 saturated carbocycles. The van der Waals surface area contributed by atoms with E-state index in [1.807, 2.05) is 12.1 Å². The maximum atomic E-state index is 15.3. The Balaban J connectivity index is 1.36. The Morgan fingerprint density at radius 1 is 1.02 bits per heavy atom. The van der Waals surface area contributed by atoms with E-state index in [4.69, 9.17) is 14.2 Å². The van der Waals surface area contributed by atoms with Gasteiger partial charge in [0.05, 0.1) is 44.4 Å². The molecule has 0 atom stereocenters. The first-order valence-electron chi connectivity index (χ1n) is 14.6. The predicted octanol–water partition coefficient (Wildman–Crippen LogP) is 4.83. The van der Waals surface area contributed by atoms with Gasteiger partial charge >= 0.3 is 0 Å². The van der Waals surface area contributed by atoms with E-state index in [2.05, 4.69) is 42.4 Å². The fourth-order valence-electron chi connectivity index (χ4n) is 5.01. The van der Waals surface area contributed by atoms with Gasteiger partial charge in [0.1, 0.15) is 11.4 Å². The van der Waals surface area contributed by atoms with Crippen LogP contribution >= 0.6 is 0 Å². The first kappa shape index (κ1) is 30.6. The molecular formula is C32H31F2N7O5. The number of ketones is 1. The van der Waals surface area contributed by atoms with Crippen LogP contribution in [0.5, 0.6) is 11.5 Å². The number of morpholine rings is 1. The summed E-state index contributed by atoms with van der Waals surface area (Å²) in [4.78, 5) is 41.6. The first-order valence-corrected chi connectivity index (χ1v) is 14.6. The fraction of sp³-hybridized carbons (Fsp3) is 0.281. The lowest BCUT2D eigenvalue weighted by atomic mass is 10.0. The average Bonchev–Trinajstić information content (AvgIpc) is 3.89.